The summed E-state index contributed by atoms with van der Waals surface area (Å²) in [4.78, 5) is 0. The first-order valence-corrected chi connectivity index (χ1v) is 9.15. The van der Waals surface area contributed by atoms with Crippen LogP contribution in [0.1, 0.15) is 58.3 Å². The number of rotatable bonds is 1. The van der Waals surface area contributed by atoms with Crippen LogP contribution in [0, 0.1) is 28.6 Å². The van der Waals surface area contributed by atoms with E-state index in [1.165, 1.54) is 19.3 Å². The second-order valence-electron chi connectivity index (χ2n) is 8.58. The first kappa shape index (κ1) is 15.1. The smallest absolute Gasteiger partial charge is 0.127 e. The highest BCUT2D eigenvalue weighted by Crippen LogP contribution is 2.65. The fourth-order valence-corrected chi connectivity index (χ4v) is 6.79. The lowest BCUT2D eigenvalue weighted by Gasteiger charge is -2.58. The van der Waals surface area contributed by atoms with E-state index in [4.69, 9.17) is 0 Å². The Balaban J connectivity index is 1.70. The van der Waals surface area contributed by atoms with Gasteiger partial charge in [-0.15, -0.1) is 0 Å². The third-order valence-electron chi connectivity index (χ3n) is 7.99. The van der Waals surface area contributed by atoms with Crippen LogP contribution < -0.4 is 0 Å². The van der Waals surface area contributed by atoms with Crippen LogP contribution in [0.25, 0.3) is 0 Å². The van der Waals surface area contributed by atoms with Crippen molar-refractivity contribution in [2.24, 2.45) is 28.6 Å². The van der Waals surface area contributed by atoms with Crippen LogP contribution in [-0.2, 0) is 0 Å². The quantitative estimate of drug-likeness (QED) is 0.726. The molecule has 0 aromatic heterocycles. The van der Waals surface area contributed by atoms with Crippen molar-refractivity contribution in [2.75, 3.05) is 6.61 Å². The molecule has 0 spiro atoms. The minimum absolute atomic E-state index is 0.0537. The molecule has 124 valence electrons. The van der Waals surface area contributed by atoms with Gasteiger partial charge >= 0.3 is 0 Å². The van der Waals surface area contributed by atoms with Gasteiger partial charge in [0.2, 0.25) is 0 Å². The van der Waals surface area contributed by atoms with E-state index < -0.39 is 17.7 Å². The summed E-state index contributed by atoms with van der Waals surface area (Å²) in [6.07, 6.45) is 8.67. The Morgan fingerprint density at radius 2 is 2.09 bits per heavy atom. The zero-order valence-corrected chi connectivity index (χ0v) is 13.6. The highest BCUT2D eigenvalue weighted by molar-refractivity contribution is 5.24. The van der Waals surface area contributed by atoms with Gasteiger partial charge in [-0.1, -0.05) is 18.6 Å². The lowest BCUT2D eigenvalue weighted by atomic mass is 9.47. The molecule has 0 aromatic carbocycles. The molecular formula is C19H29FO2. The Labute approximate surface area is 132 Å². The van der Waals surface area contributed by atoms with E-state index in [0.29, 0.717) is 23.7 Å². The lowest BCUT2D eigenvalue weighted by Crippen LogP contribution is -2.53. The van der Waals surface area contributed by atoms with Gasteiger partial charge in [0.25, 0.3) is 0 Å². The molecule has 4 aliphatic rings. The van der Waals surface area contributed by atoms with Crippen molar-refractivity contribution in [1.29, 1.82) is 0 Å². The Morgan fingerprint density at radius 3 is 2.86 bits per heavy atom. The maximum Gasteiger partial charge on any atom is 0.127 e. The number of alkyl halides is 1. The van der Waals surface area contributed by atoms with Gasteiger partial charge in [-0.05, 0) is 74.5 Å². The second-order valence-corrected chi connectivity index (χ2v) is 8.58. The molecule has 3 fully saturated rings. The average molecular weight is 308 g/mol. The molecule has 2 N–H and O–H groups in total. The van der Waals surface area contributed by atoms with Crippen molar-refractivity contribution in [1.82, 2.24) is 0 Å². The van der Waals surface area contributed by atoms with Crippen molar-refractivity contribution in [3.8, 4) is 0 Å². The predicted molar refractivity (Wildman–Crippen MR) is 84.0 cm³/mol. The number of aliphatic hydroxyl groups is 2. The van der Waals surface area contributed by atoms with Crippen LogP contribution in [0.15, 0.2) is 11.6 Å². The lowest BCUT2D eigenvalue weighted by molar-refractivity contribution is -0.112. The van der Waals surface area contributed by atoms with E-state index in [-0.39, 0.29) is 12.5 Å². The Bertz CT molecular complexity index is 490. The van der Waals surface area contributed by atoms with Gasteiger partial charge in [-0.25, -0.2) is 4.39 Å². The second kappa shape index (κ2) is 5.04. The minimum atomic E-state index is -1.15. The molecule has 7 atom stereocenters. The van der Waals surface area contributed by atoms with E-state index in [2.05, 4.69) is 13.0 Å². The molecule has 4 aliphatic carbocycles. The molecule has 0 saturated heterocycles. The predicted octanol–water partition coefficient (Wildman–Crippen LogP) is 3.62. The minimum Gasteiger partial charge on any atom is -0.396 e. The number of hydrogen-bond acceptors (Lipinski definition) is 2. The summed E-state index contributed by atoms with van der Waals surface area (Å²) in [7, 11) is 0. The van der Waals surface area contributed by atoms with Crippen molar-refractivity contribution < 1.29 is 14.6 Å². The standard InChI is InChI=1S/C19H29FO2/c1-18-8-3-2-4-12(18)5-6-13-14(18)7-9-19(11-21)15(13)10-16(20)17(19)22/h4,13-17,21-22H,2-3,5-11H2,1H3/t13-,14+,15+,16-,17-,18+,19-/m1/s1. The summed E-state index contributed by atoms with van der Waals surface area (Å²) >= 11 is 0. The van der Waals surface area contributed by atoms with E-state index in [0.717, 1.165) is 25.7 Å². The normalized spacial score (nSPS) is 54.2. The van der Waals surface area contributed by atoms with Gasteiger partial charge in [0.15, 0.2) is 0 Å². The van der Waals surface area contributed by atoms with E-state index >= 15 is 0 Å². The molecule has 0 radical (unpaired) electrons. The number of aliphatic hydroxyl groups excluding tert-OH is 2. The third kappa shape index (κ3) is 1.78. The van der Waals surface area contributed by atoms with Crippen LogP contribution in [0.2, 0.25) is 0 Å². The summed E-state index contributed by atoms with van der Waals surface area (Å²) in [6, 6.07) is 0. The monoisotopic (exact) mass is 308 g/mol. The zero-order valence-electron chi connectivity index (χ0n) is 13.6. The highest BCUT2D eigenvalue weighted by Gasteiger charge is 2.63. The number of fused-ring (bicyclic) bond motifs is 5. The summed E-state index contributed by atoms with van der Waals surface area (Å²) in [6.45, 7) is 2.38. The molecule has 0 aliphatic heterocycles. The molecule has 3 saturated carbocycles. The molecule has 0 amide bonds. The summed E-state index contributed by atoms with van der Waals surface area (Å²) in [5.74, 6) is 1.27. The van der Waals surface area contributed by atoms with Crippen LogP contribution in [-0.4, -0.2) is 29.1 Å². The molecule has 22 heavy (non-hydrogen) atoms. The molecule has 0 aromatic rings. The van der Waals surface area contributed by atoms with Crippen molar-refractivity contribution in [3.63, 3.8) is 0 Å². The summed E-state index contributed by atoms with van der Waals surface area (Å²) in [5.41, 5.74) is 1.38. The van der Waals surface area contributed by atoms with E-state index in [9.17, 15) is 14.6 Å². The topological polar surface area (TPSA) is 40.5 Å². The first-order valence-electron chi connectivity index (χ1n) is 9.15. The van der Waals surface area contributed by atoms with Gasteiger partial charge in [-0.3, -0.25) is 0 Å². The van der Waals surface area contributed by atoms with Gasteiger partial charge < -0.3 is 10.2 Å². The SMILES string of the molecule is C[C@]12CCCC=C1CC[C@H]1[C@@H]3C[C@@H](F)[C@@H](O)[C@@]3(CO)CC[C@@H]12. The average Bonchev–Trinajstić information content (AvgIpc) is 2.79. The van der Waals surface area contributed by atoms with Gasteiger partial charge in [0, 0.05) is 5.41 Å². The maximum atomic E-state index is 14.3. The molecule has 0 bridgehead atoms. The van der Waals surface area contributed by atoms with E-state index in [1.54, 1.807) is 5.57 Å². The number of hydrogen-bond donors (Lipinski definition) is 2. The van der Waals surface area contributed by atoms with Crippen LogP contribution >= 0.6 is 0 Å². The molecule has 4 rings (SSSR count). The largest absolute Gasteiger partial charge is 0.396 e. The first-order chi connectivity index (χ1) is 10.5. The molecular weight excluding hydrogens is 279 g/mol. The van der Waals surface area contributed by atoms with Crippen molar-refractivity contribution >= 4 is 0 Å². The van der Waals surface area contributed by atoms with Crippen LogP contribution in [0.5, 0.6) is 0 Å². The maximum absolute atomic E-state index is 14.3. The Hall–Kier alpha value is -0.410. The van der Waals surface area contributed by atoms with Crippen LogP contribution in [0.4, 0.5) is 4.39 Å². The fourth-order valence-electron chi connectivity index (χ4n) is 6.79. The Morgan fingerprint density at radius 1 is 1.27 bits per heavy atom. The summed E-state index contributed by atoms with van der Waals surface area (Å²) in [5, 5.41) is 20.4. The summed E-state index contributed by atoms with van der Waals surface area (Å²) < 4.78 is 14.3. The molecule has 2 nitrogen and oxygen atoms in total. The molecule has 0 heterocycles. The fraction of sp³-hybridized carbons (Fsp3) is 0.895. The van der Waals surface area contributed by atoms with Gasteiger partial charge in [0.05, 0.1) is 12.7 Å². The van der Waals surface area contributed by atoms with Gasteiger partial charge in [0.1, 0.15) is 6.17 Å². The zero-order chi connectivity index (χ0) is 15.5. The highest BCUT2D eigenvalue weighted by atomic mass is 19.1. The Kier molecular flexibility index (Phi) is 3.47. The van der Waals surface area contributed by atoms with Crippen molar-refractivity contribution in [3.05, 3.63) is 11.6 Å². The molecule has 0 unspecified atom stereocenters. The van der Waals surface area contributed by atoms with Crippen molar-refractivity contribution in [2.45, 2.75) is 70.6 Å². The molecule has 3 heteroatoms. The number of allylic oxidation sites excluding steroid dienone is 2. The van der Waals surface area contributed by atoms with Crippen LogP contribution in [0.3, 0.4) is 0 Å². The number of halogens is 1. The van der Waals surface area contributed by atoms with E-state index in [1.807, 2.05) is 0 Å². The van der Waals surface area contributed by atoms with Gasteiger partial charge in [-0.2, -0.15) is 0 Å². The third-order valence-corrected chi connectivity index (χ3v) is 7.99.